The number of hydrogen-bond acceptors (Lipinski definition) is 0. The van der Waals surface area contributed by atoms with Gasteiger partial charge in [0.05, 0.1) is 5.38 Å². The first-order valence-corrected chi connectivity index (χ1v) is 7.18. The Morgan fingerprint density at radius 3 is 2.21 bits per heavy atom. The normalized spacial score (nSPS) is 12.5. The Labute approximate surface area is 121 Å². The van der Waals surface area contributed by atoms with Gasteiger partial charge in [0.25, 0.3) is 0 Å². The minimum Gasteiger partial charge on any atom is -0.117 e. The van der Waals surface area contributed by atoms with Crippen LogP contribution in [0.5, 0.6) is 0 Å². The topological polar surface area (TPSA) is 0 Å². The number of rotatable bonds is 3. The highest BCUT2D eigenvalue weighted by Crippen LogP contribution is 2.29. The van der Waals surface area contributed by atoms with E-state index in [4.69, 9.17) is 11.6 Å². The summed E-state index contributed by atoms with van der Waals surface area (Å²) in [7, 11) is 0. The summed E-state index contributed by atoms with van der Waals surface area (Å²) in [5, 5.41) is 0.0435. The molecule has 0 fully saturated rings. The molecule has 0 nitrogen and oxygen atoms in total. The van der Waals surface area contributed by atoms with Crippen LogP contribution in [0.1, 0.15) is 38.8 Å². The summed E-state index contributed by atoms with van der Waals surface area (Å²) in [6.07, 6.45) is 0.882. The van der Waals surface area contributed by atoms with Crippen LogP contribution in [-0.2, 0) is 6.42 Å². The van der Waals surface area contributed by atoms with Crippen LogP contribution >= 0.6 is 11.6 Å². The molecule has 0 radical (unpaired) electrons. The van der Waals surface area contributed by atoms with Crippen molar-refractivity contribution in [3.8, 4) is 0 Å². The van der Waals surface area contributed by atoms with Crippen molar-refractivity contribution in [2.75, 3.05) is 0 Å². The van der Waals surface area contributed by atoms with Gasteiger partial charge in [0.2, 0.25) is 0 Å². The molecule has 1 heteroatoms. The third kappa shape index (κ3) is 3.39. The molecule has 0 saturated carbocycles. The van der Waals surface area contributed by atoms with E-state index in [1.165, 1.54) is 33.4 Å². The van der Waals surface area contributed by atoms with Crippen molar-refractivity contribution in [1.82, 2.24) is 0 Å². The predicted octanol–water partition coefficient (Wildman–Crippen LogP) is 5.44. The van der Waals surface area contributed by atoms with Crippen LogP contribution in [0.3, 0.4) is 0 Å². The van der Waals surface area contributed by atoms with Crippen molar-refractivity contribution in [2.24, 2.45) is 0 Å². The van der Waals surface area contributed by atoms with Gasteiger partial charge >= 0.3 is 0 Å². The second-order valence-electron chi connectivity index (χ2n) is 5.45. The van der Waals surface area contributed by atoms with E-state index in [0.717, 1.165) is 6.42 Å². The molecule has 0 bridgehead atoms. The molecule has 0 aliphatic heterocycles. The molecular formula is C18H21Cl. The first-order chi connectivity index (χ1) is 8.97. The van der Waals surface area contributed by atoms with Gasteiger partial charge in [-0.05, 0) is 61.9 Å². The highest BCUT2D eigenvalue weighted by atomic mass is 35.5. The molecule has 2 rings (SSSR count). The van der Waals surface area contributed by atoms with Crippen LogP contribution in [0.15, 0.2) is 36.4 Å². The number of halogens is 1. The largest absolute Gasteiger partial charge is 0.117 e. The summed E-state index contributed by atoms with van der Waals surface area (Å²) in [6.45, 7) is 8.54. The van der Waals surface area contributed by atoms with E-state index in [1.54, 1.807) is 0 Å². The van der Waals surface area contributed by atoms with Gasteiger partial charge in [0.1, 0.15) is 0 Å². The summed E-state index contributed by atoms with van der Waals surface area (Å²) in [6, 6.07) is 13.1. The second kappa shape index (κ2) is 5.79. The molecule has 0 saturated heterocycles. The van der Waals surface area contributed by atoms with E-state index in [9.17, 15) is 0 Å². The molecule has 1 unspecified atom stereocenters. The fourth-order valence-corrected chi connectivity index (χ4v) is 2.76. The lowest BCUT2D eigenvalue weighted by Gasteiger charge is -2.14. The van der Waals surface area contributed by atoms with Gasteiger partial charge in [-0.25, -0.2) is 0 Å². The van der Waals surface area contributed by atoms with Gasteiger partial charge in [-0.1, -0.05) is 42.0 Å². The molecule has 100 valence electrons. The zero-order chi connectivity index (χ0) is 14.0. The van der Waals surface area contributed by atoms with Crippen LogP contribution in [-0.4, -0.2) is 0 Å². The first-order valence-electron chi connectivity index (χ1n) is 6.74. The Bertz CT molecular complexity index is 584. The van der Waals surface area contributed by atoms with Crippen molar-refractivity contribution in [2.45, 2.75) is 39.5 Å². The molecule has 19 heavy (non-hydrogen) atoms. The van der Waals surface area contributed by atoms with Crippen LogP contribution < -0.4 is 0 Å². The maximum Gasteiger partial charge on any atom is 0.0628 e. The first kappa shape index (κ1) is 14.1. The summed E-state index contributed by atoms with van der Waals surface area (Å²) in [4.78, 5) is 0. The molecule has 0 heterocycles. The Morgan fingerprint density at radius 1 is 0.842 bits per heavy atom. The summed E-state index contributed by atoms with van der Waals surface area (Å²) >= 11 is 6.61. The Hall–Kier alpha value is -1.27. The monoisotopic (exact) mass is 272 g/mol. The lowest BCUT2D eigenvalue weighted by molar-refractivity contribution is 0.905. The lowest BCUT2D eigenvalue weighted by atomic mass is 9.96. The molecular weight excluding hydrogens is 252 g/mol. The van der Waals surface area contributed by atoms with E-state index < -0.39 is 0 Å². The van der Waals surface area contributed by atoms with E-state index >= 15 is 0 Å². The summed E-state index contributed by atoms with van der Waals surface area (Å²) in [5.74, 6) is 0. The second-order valence-corrected chi connectivity index (χ2v) is 5.98. The SMILES string of the molecule is Cc1ccc(C)c(C(Cl)Cc2ccc(C)c(C)c2)c1. The molecule has 1 atom stereocenters. The van der Waals surface area contributed by atoms with E-state index in [-0.39, 0.29) is 5.38 Å². The quantitative estimate of drug-likeness (QED) is 0.653. The minimum atomic E-state index is 0.0435. The van der Waals surface area contributed by atoms with Gasteiger partial charge in [-0.3, -0.25) is 0 Å². The number of benzene rings is 2. The highest BCUT2D eigenvalue weighted by Gasteiger charge is 2.12. The molecule has 2 aromatic carbocycles. The van der Waals surface area contributed by atoms with Crippen LogP contribution in [0, 0.1) is 27.7 Å². The molecule has 0 aliphatic carbocycles. The standard InChI is InChI=1S/C18H21Cl/c1-12-5-6-14(3)17(9-12)18(19)11-16-8-7-13(2)15(4)10-16/h5-10,18H,11H2,1-4H3. The number of aryl methyl sites for hydroxylation is 4. The van der Waals surface area contributed by atoms with Gasteiger partial charge in [-0.2, -0.15) is 0 Å². The molecule has 0 N–H and O–H groups in total. The predicted molar refractivity (Wildman–Crippen MR) is 84.1 cm³/mol. The van der Waals surface area contributed by atoms with Crippen LogP contribution in [0.25, 0.3) is 0 Å². The number of alkyl halides is 1. The van der Waals surface area contributed by atoms with Crippen molar-refractivity contribution in [1.29, 1.82) is 0 Å². The smallest absolute Gasteiger partial charge is 0.0628 e. The molecule has 0 spiro atoms. The zero-order valence-corrected chi connectivity index (χ0v) is 12.9. The average molecular weight is 273 g/mol. The van der Waals surface area contributed by atoms with Crippen molar-refractivity contribution < 1.29 is 0 Å². The maximum absolute atomic E-state index is 6.61. The molecule has 2 aromatic rings. The van der Waals surface area contributed by atoms with Gasteiger partial charge in [0.15, 0.2) is 0 Å². The molecule has 0 amide bonds. The lowest BCUT2D eigenvalue weighted by Crippen LogP contribution is -2.00. The third-order valence-corrected chi connectivity index (χ3v) is 4.15. The fourth-order valence-electron chi connectivity index (χ4n) is 2.34. The van der Waals surface area contributed by atoms with Gasteiger partial charge in [0, 0.05) is 0 Å². The van der Waals surface area contributed by atoms with E-state index in [0.29, 0.717) is 0 Å². The van der Waals surface area contributed by atoms with Crippen LogP contribution in [0.2, 0.25) is 0 Å². The summed E-state index contributed by atoms with van der Waals surface area (Å²) < 4.78 is 0. The highest BCUT2D eigenvalue weighted by molar-refractivity contribution is 6.21. The fraction of sp³-hybridized carbons (Fsp3) is 0.333. The van der Waals surface area contributed by atoms with Crippen LogP contribution in [0.4, 0.5) is 0 Å². The van der Waals surface area contributed by atoms with Crippen molar-refractivity contribution >= 4 is 11.6 Å². The Balaban J connectivity index is 2.22. The van der Waals surface area contributed by atoms with Crippen molar-refractivity contribution in [3.05, 3.63) is 69.8 Å². The maximum atomic E-state index is 6.61. The zero-order valence-electron chi connectivity index (χ0n) is 12.1. The molecule has 0 aliphatic rings. The van der Waals surface area contributed by atoms with Crippen molar-refractivity contribution in [3.63, 3.8) is 0 Å². The Morgan fingerprint density at radius 2 is 1.53 bits per heavy atom. The average Bonchev–Trinajstić information content (AvgIpc) is 2.36. The molecule has 0 aromatic heterocycles. The third-order valence-electron chi connectivity index (χ3n) is 3.76. The van der Waals surface area contributed by atoms with E-state index in [1.807, 2.05) is 0 Å². The van der Waals surface area contributed by atoms with Gasteiger partial charge < -0.3 is 0 Å². The van der Waals surface area contributed by atoms with E-state index in [2.05, 4.69) is 64.1 Å². The summed E-state index contributed by atoms with van der Waals surface area (Å²) in [5.41, 5.74) is 7.77. The minimum absolute atomic E-state index is 0.0435. The van der Waals surface area contributed by atoms with Gasteiger partial charge in [-0.15, -0.1) is 11.6 Å². The Kier molecular flexibility index (Phi) is 4.31. The number of hydrogen-bond donors (Lipinski definition) is 0.